The predicted octanol–water partition coefficient (Wildman–Crippen LogP) is 2.11. The second-order valence-corrected chi connectivity index (χ2v) is 4.42. The molecule has 3 N–H and O–H groups in total. The van der Waals surface area contributed by atoms with E-state index in [-0.39, 0.29) is 34.0 Å². The molecular weight excluding hydrogens is 288 g/mol. The zero-order chi connectivity index (χ0) is 15.7. The standard InChI is InChI=1S/C13H12N6O3/c1-2-19-6-15-17-13(19)18-16-10-11(20)9-7(14)4-3-5-8(9)22-12(10)21/h3-6,20H,2,14H2,1H3. The van der Waals surface area contributed by atoms with E-state index in [1.165, 1.54) is 12.4 Å². The Labute approximate surface area is 123 Å². The van der Waals surface area contributed by atoms with E-state index in [2.05, 4.69) is 20.4 Å². The van der Waals surface area contributed by atoms with Crippen molar-refractivity contribution < 1.29 is 9.52 Å². The maximum absolute atomic E-state index is 11.9. The minimum Gasteiger partial charge on any atom is -0.505 e. The molecule has 2 heterocycles. The van der Waals surface area contributed by atoms with E-state index in [0.29, 0.717) is 6.54 Å². The lowest BCUT2D eigenvalue weighted by Crippen LogP contribution is -2.00. The number of fused-ring (bicyclic) bond motifs is 1. The fraction of sp³-hybridized carbons (Fsp3) is 0.154. The fourth-order valence-electron chi connectivity index (χ4n) is 1.98. The first-order valence-electron chi connectivity index (χ1n) is 6.45. The maximum atomic E-state index is 11.9. The number of nitrogens with two attached hydrogens (primary N) is 1. The largest absolute Gasteiger partial charge is 0.505 e. The molecule has 0 atom stereocenters. The molecule has 9 heteroatoms. The van der Waals surface area contributed by atoms with Crippen LogP contribution in [0, 0.1) is 0 Å². The molecule has 0 fully saturated rings. The molecule has 0 saturated carbocycles. The number of aryl methyl sites for hydroxylation is 1. The molecule has 0 aliphatic heterocycles. The molecule has 0 bridgehead atoms. The molecular formula is C13H12N6O3. The summed E-state index contributed by atoms with van der Waals surface area (Å²) in [5, 5.41) is 25.4. The highest BCUT2D eigenvalue weighted by atomic mass is 16.4. The van der Waals surface area contributed by atoms with Gasteiger partial charge in [0.1, 0.15) is 11.9 Å². The van der Waals surface area contributed by atoms with Crippen LogP contribution in [0.3, 0.4) is 0 Å². The van der Waals surface area contributed by atoms with Gasteiger partial charge >= 0.3 is 5.63 Å². The Hall–Kier alpha value is -3.23. The summed E-state index contributed by atoms with van der Waals surface area (Å²) in [4.78, 5) is 11.9. The van der Waals surface area contributed by atoms with Crippen molar-refractivity contribution in [2.24, 2.45) is 10.2 Å². The van der Waals surface area contributed by atoms with Crippen molar-refractivity contribution in [1.29, 1.82) is 0 Å². The van der Waals surface area contributed by atoms with Crippen LogP contribution in [0.5, 0.6) is 5.75 Å². The zero-order valence-electron chi connectivity index (χ0n) is 11.6. The number of anilines is 1. The second kappa shape index (κ2) is 5.28. The van der Waals surface area contributed by atoms with E-state index in [9.17, 15) is 9.90 Å². The van der Waals surface area contributed by atoms with Gasteiger partial charge in [0.15, 0.2) is 5.75 Å². The minimum absolute atomic E-state index is 0.179. The summed E-state index contributed by atoms with van der Waals surface area (Å²) in [7, 11) is 0. The van der Waals surface area contributed by atoms with Gasteiger partial charge in [0.05, 0.1) is 5.39 Å². The minimum atomic E-state index is -0.818. The highest BCUT2D eigenvalue weighted by Crippen LogP contribution is 2.35. The van der Waals surface area contributed by atoms with Gasteiger partial charge in [-0.2, -0.15) is 0 Å². The molecule has 112 valence electrons. The topological polar surface area (TPSA) is 132 Å². The third-order valence-corrected chi connectivity index (χ3v) is 3.09. The highest BCUT2D eigenvalue weighted by molar-refractivity contribution is 5.96. The Morgan fingerprint density at radius 1 is 1.41 bits per heavy atom. The lowest BCUT2D eigenvalue weighted by Gasteiger charge is -2.04. The average molecular weight is 300 g/mol. The summed E-state index contributed by atoms with van der Waals surface area (Å²) in [6.45, 7) is 2.47. The van der Waals surface area contributed by atoms with Gasteiger partial charge in [0.25, 0.3) is 5.95 Å². The molecule has 22 heavy (non-hydrogen) atoms. The van der Waals surface area contributed by atoms with E-state index in [4.69, 9.17) is 10.2 Å². The van der Waals surface area contributed by atoms with Crippen molar-refractivity contribution in [3.05, 3.63) is 34.9 Å². The quantitative estimate of drug-likeness (QED) is 0.432. The van der Waals surface area contributed by atoms with Crippen LogP contribution in [0.1, 0.15) is 6.92 Å². The first kappa shape index (κ1) is 13.7. The number of hydrogen-bond donors (Lipinski definition) is 2. The molecule has 3 rings (SSSR count). The first-order chi connectivity index (χ1) is 10.6. The lowest BCUT2D eigenvalue weighted by molar-refractivity contribution is 0.470. The van der Waals surface area contributed by atoms with Crippen LogP contribution >= 0.6 is 0 Å². The van der Waals surface area contributed by atoms with E-state index in [0.717, 1.165) is 0 Å². The second-order valence-electron chi connectivity index (χ2n) is 4.42. The predicted molar refractivity (Wildman–Crippen MR) is 78.4 cm³/mol. The van der Waals surface area contributed by atoms with Crippen LogP contribution in [0.4, 0.5) is 17.3 Å². The molecule has 0 radical (unpaired) electrons. The molecule has 0 aliphatic carbocycles. The SMILES string of the molecule is CCn1cnnc1N=Nc1c(O)c2c(N)cccc2oc1=O. The van der Waals surface area contributed by atoms with Crippen LogP contribution in [-0.2, 0) is 6.54 Å². The number of nitrogens with zero attached hydrogens (tertiary/aromatic N) is 5. The van der Waals surface area contributed by atoms with Gasteiger partial charge in [-0.25, -0.2) is 4.79 Å². The van der Waals surface area contributed by atoms with E-state index in [1.54, 1.807) is 16.7 Å². The summed E-state index contributed by atoms with van der Waals surface area (Å²) in [6, 6.07) is 4.73. The molecule has 9 nitrogen and oxygen atoms in total. The van der Waals surface area contributed by atoms with E-state index >= 15 is 0 Å². The molecule has 0 unspecified atom stereocenters. The van der Waals surface area contributed by atoms with Crippen molar-refractivity contribution in [2.75, 3.05) is 5.73 Å². The normalized spacial score (nSPS) is 11.5. The van der Waals surface area contributed by atoms with Gasteiger partial charge < -0.3 is 15.3 Å². The van der Waals surface area contributed by atoms with Crippen molar-refractivity contribution in [3.8, 4) is 5.75 Å². The molecule has 1 aromatic carbocycles. The number of aromatic hydroxyl groups is 1. The number of hydrogen-bond acceptors (Lipinski definition) is 8. The summed E-state index contributed by atoms with van der Waals surface area (Å²) in [5.74, 6) is -0.168. The van der Waals surface area contributed by atoms with Crippen LogP contribution in [0.25, 0.3) is 11.0 Å². The summed E-state index contributed by atoms with van der Waals surface area (Å²) >= 11 is 0. The van der Waals surface area contributed by atoms with Gasteiger partial charge in [-0.3, -0.25) is 4.57 Å². The first-order valence-corrected chi connectivity index (χ1v) is 6.45. The number of aromatic nitrogens is 3. The number of rotatable bonds is 3. The van der Waals surface area contributed by atoms with Crippen LogP contribution < -0.4 is 11.4 Å². The Morgan fingerprint density at radius 2 is 2.23 bits per heavy atom. The molecule has 0 amide bonds. The third kappa shape index (κ3) is 2.18. The van der Waals surface area contributed by atoms with Crippen LogP contribution in [0.15, 0.2) is 44.0 Å². The molecule has 2 aromatic heterocycles. The van der Waals surface area contributed by atoms with Crippen LogP contribution in [0.2, 0.25) is 0 Å². The lowest BCUT2D eigenvalue weighted by atomic mass is 10.2. The molecule has 0 aliphatic rings. The fourth-order valence-corrected chi connectivity index (χ4v) is 1.98. The van der Waals surface area contributed by atoms with Gasteiger partial charge in [0, 0.05) is 12.2 Å². The van der Waals surface area contributed by atoms with Crippen LogP contribution in [-0.4, -0.2) is 19.9 Å². The Kier molecular flexibility index (Phi) is 3.30. The van der Waals surface area contributed by atoms with Gasteiger partial charge in [-0.15, -0.1) is 20.4 Å². The van der Waals surface area contributed by atoms with Crippen molar-refractivity contribution in [1.82, 2.24) is 14.8 Å². The van der Waals surface area contributed by atoms with E-state index < -0.39 is 5.63 Å². The number of azo groups is 1. The Bertz CT molecular complexity index is 927. The third-order valence-electron chi connectivity index (χ3n) is 3.09. The molecule has 0 spiro atoms. The van der Waals surface area contributed by atoms with Gasteiger partial charge in [-0.1, -0.05) is 6.07 Å². The highest BCUT2D eigenvalue weighted by Gasteiger charge is 2.16. The monoisotopic (exact) mass is 300 g/mol. The Balaban J connectivity index is 2.15. The van der Waals surface area contributed by atoms with Crippen molar-refractivity contribution in [3.63, 3.8) is 0 Å². The van der Waals surface area contributed by atoms with Crippen molar-refractivity contribution >= 4 is 28.3 Å². The average Bonchev–Trinajstić information content (AvgIpc) is 2.94. The Morgan fingerprint density at radius 3 is 3.00 bits per heavy atom. The van der Waals surface area contributed by atoms with Gasteiger partial charge in [-0.05, 0) is 19.1 Å². The molecule has 3 aromatic rings. The summed E-state index contributed by atoms with van der Waals surface area (Å²) in [6.07, 6.45) is 1.48. The smallest absolute Gasteiger partial charge is 0.368 e. The van der Waals surface area contributed by atoms with Gasteiger partial charge in [0.2, 0.25) is 5.69 Å². The van der Waals surface area contributed by atoms with Crippen molar-refractivity contribution in [2.45, 2.75) is 13.5 Å². The number of benzene rings is 1. The zero-order valence-corrected chi connectivity index (χ0v) is 11.6. The molecule has 0 saturated heterocycles. The number of nitrogen functional groups attached to an aromatic ring is 1. The summed E-state index contributed by atoms with van der Waals surface area (Å²) in [5.41, 5.74) is 5.09. The van der Waals surface area contributed by atoms with E-state index in [1.807, 2.05) is 6.92 Å². The summed E-state index contributed by atoms with van der Waals surface area (Å²) < 4.78 is 6.71. The maximum Gasteiger partial charge on any atom is 0.368 e.